The zero-order chi connectivity index (χ0) is 11.6. The van der Waals surface area contributed by atoms with Crippen LogP contribution >= 0.6 is 0 Å². The van der Waals surface area contributed by atoms with Crippen LogP contribution in [0.25, 0.3) is 0 Å². The molecule has 1 aliphatic carbocycles. The van der Waals surface area contributed by atoms with E-state index in [1.165, 1.54) is 24.0 Å². The second kappa shape index (κ2) is 4.58. The molecule has 1 saturated carbocycles. The van der Waals surface area contributed by atoms with Crippen LogP contribution in [0, 0.1) is 5.92 Å². The molecule has 1 aliphatic rings. The van der Waals surface area contributed by atoms with Crippen LogP contribution in [0.15, 0.2) is 24.3 Å². The van der Waals surface area contributed by atoms with Crippen molar-refractivity contribution < 1.29 is 0 Å². The lowest BCUT2D eigenvalue weighted by Gasteiger charge is -2.26. The molecular weight excluding hydrogens is 194 g/mol. The van der Waals surface area contributed by atoms with Crippen molar-refractivity contribution in [2.24, 2.45) is 5.92 Å². The van der Waals surface area contributed by atoms with Gasteiger partial charge in [-0.3, -0.25) is 0 Å². The Labute approximate surface area is 99.3 Å². The maximum atomic E-state index is 3.67. The molecule has 88 valence electrons. The first-order chi connectivity index (χ1) is 7.62. The van der Waals surface area contributed by atoms with E-state index in [4.69, 9.17) is 0 Å². The number of nitrogens with one attached hydrogen (secondary N) is 1. The van der Waals surface area contributed by atoms with E-state index in [1.54, 1.807) is 0 Å². The predicted molar refractivity (Wildman–Crippen MR) is 69.5 cm³/mol. The van der Waals surface area contributed by atoms with Gasteiger partial charge in [-0.1, -0.05) is 31.2 Å². The standard InChI is InChI=1S/C15H23N/c1-4-12-5-7-13(8-6-12)11-16-15(2,3)14-9-10-14/h5-8,14,16H,4,9-11H2,1-3H3. The topological polar surface area (TPSA) is 12.0 Å². The third kappa shape index (κ3) is 2.85. The van der Waals surface area contributed by atoms with E-state index in [1.807, 2.05) is 0 Å². The molecule has 0 heterocycles. The van der Waals surface area contributed by atoms with Gasteiger partial charge in [0.05, 0.1) is 0 Å². The van der Waals surface area contributed by atoms with Gasteiger partial charge in [0.1, 0.15) is 0 Å². The summed E-state index contributed by atoms with van der Waals surface area (Å²) in [6.45, 7) is 7.84. The summed E-state index contributed by atoms with van der Waals surface area (Å²) in [6, 6.07) is 8.96. The quantitative estimate of drug-likeness (QED) is 0.795. The summed E-state index contributed by atoms with van der Waals surface area (Å²) in [5.74, 6) is 0.891. The maximum absolute atomic E-state index is 3.67. The molecule has 0 unspecified atom stereocenters. The molecule has 0 amide bonds. The van der Waals surface area contributed by atoms with Crippen LogP contribution in [0.3, 0.4) is 0 Å². The smallest absolute Gasteiger partial charge is 0.0210 e. The summed E-state index contributed by atoms with van der Waals surface area (Å²) >= 11 is 0. The second-order valence-corrected chi connectivity index (χ2v) is 5.52. The third-order valence-electron chi connectivity index (χ3n) is 3.78. The van der Waals surface area contributed by atoms with E-state index in [-0.39, 0.29) is 0 Å². The molecule has 0 aliphatic heterocycles. The lowest BCUT2D eigenvalue weighted by atomic mass is 9.98. The summed E-state index contributed by atoms with van der Waals surface area (Å²) < 4.78 is 0. The van der Waals surface area contributed by atoms with Crippen LogP contribution in [-0.2, 0) is 13.0 Å². The Morgan fingerprint density at radius 2 is 1.69 bits per heavy atom. The molecule has 1 aromatic rings. The predicted octanol–water partition coefficient (Wildman–Crippen LogP) is 3.53. The van der Waals surface area contributed by atoms with Gasteiger partial charge in [-0.15, -0.1) is 0 Å². The van der Waals surface area contributed by atoms with E-state index >= 15 is 0 Å². The third-order valence-corrected chi connectivity index (χ3v) is 3.78. The van der Waals surface area contributed by atoms with Crippen molar-refractivity contribution in [1.82, 2.24) is 5.32 Å². The Morgan fingerprint density at radius 1 is 1.12 bits per heavy atom. The number of hydrogen-bond donors (Lipinski definition) is 1. The van der Waals surface area contributed by atoms with Crippen LogP contribution < -0.4 is 5.32 Å². The van der Waals surface area contributed by atoms with E-state index in [2.05, 4.69) is 50.4 Å². The van der Waals surface area contributed by atoms with Crippen LogP contribution in [0.4, 0.5) is 0 Å². The first kappa shape index (κ1) is 11.7. The van der Waals surface area contributed by atoms with Crippen LogP contribution in [0.5, 0.6) is 0 Å². The van der Waals surface area contributed by atoms with Gasteiger partial charge >= 0.3 is 0 Å². The fraction of sp³-hybridized carbons (Fsp3) is 0.600. The van der Waals surface area contributed by atoms with E-state index in [9.17, 15) is 0 Å². The minimum Gasteiger partial charge on any atom is -0.307 e. The molecule has 16 heavy (non-hydrogen) atoms. The fourth-order valence-corrected chi connectivity index (χ4v) is 2.17. The SMILES string of the molecule is CCc1ccc(CNC(C)(C)C2CC2)cc1. The summed E-state index contributed by atoms with van der Waals surface area (Å²) in [5.41, 5.74) is 3.12. The van der Waals surface area contributed by atoms with Gasteiger partial charge in [0.25, 0.3) is 0 Å². The molecule has 0 atom stereocenters. The first-order valence-electron chi connectivity index (χ1n) is 6.44. The van der Waals surface area contributed by atoms with Crippen molar-refractivity contribution in [1.29, 1.82) is 0 Å². The molecule has 2 rings (SSSR count). The largest absolute Gasteiger partial charge is 0.307 e. The summed E-state index contributed by atoms with van der Waals surface area (Å²) in [6.07, 6.45) is 3.92. The van der Waals surface area contributed by atoms with Crippen molar-refractivity contribution >= 4 is 0 Å². The zero-order valence-corrected chi connectivity index (χ0v) is 10.7. The molecule has 0 saturated heterocycles. The highest BCUT2D eigenvalue weighted by molar-refractivity contribution is 5.22. The highest BCUT2D eigenvalue weighted by atomic mass is 15.0. The summed E-state index contributed by atoms with van der Waals surface area (Å²) in [4.78, 5) is 0. The minimum atomic E-state index is 0.309. The number of benzene rings is 1. The zero-order valence-electron chi connectivity index (χ0n) is 10.7. The Hall–Kier alpha value is -0.820. The Kier molecular flexibility index (Phi) is 3.34. The van der Waals surface area contributed by atoms with E-state index < -0.39 is 0 Å². The van der Waals surface area contributed by atoms with Crippen molar-refractivity contribution in [2.45, 2.75) is 52.1 Å². The minimum absolute atomic E-state index is 0.309. The molecule has 1 N–H and O–H groups in total. The first-order valence-corrected chi connectivity index (χ1v) is 6.44. The Morgan fingerprint density at radius 3 is 2.19 bits per heavy atom. The van der Waals surface area contributed by atoms with Gasteiger partial charge in [0.15, 0.2) is 0 Å². The van der Waals surface area contributed by atoms with Gasteiger partial charge in [-0.05, 0) is 50.2 Å². The Balaban J connectivity index is 1.88. The van der Waals surface area contributed by atoms with Crippen molar-refractivity contribution in [3.63, 3.8) is 0 Å². The van der Waals surface area contributed by atoms with Gasteiger partial charge in [-0.2, -0.15) is 0 Å². The van der Waals surface area contributed by atoms with Gasteiger partial charge in [0, 0.05) is 12.1 Å². The number of aryl methyl sites for hydroxylation is 1. The summed E-state index contributed by atoms with van der Waals surface area (Å²) in [7, 11) is 0. The lowest BCUT2D eigenvalue weighted by molar-refractivity contribution is 0.339. The molecule has 0 radical (unpaired) electrons. The van der Waals surface area contributed by atoms with E-state index in [0.717, 1.165) is 18.9 Å². The maximum Gasteiger partial charge on any atom is 0.0210 e. The molecule has 0 spiro atoms. The molecule has 1 aromatic carbocycles. The number of rotatable bonds is 5. The normalized spacial score (nSPS) is 16.4. The molecule has 1 nitrogen and oxygen atoms in total. The second-order valence-electron chi connectivity index (χ2n) is 5.52. The van der Waals surface area contributed by atoms with Crippen LogP contribution in [-0.4, -0.2) is 5.54 Å². The highest BCUT2D eigenvalue weighted by Gasteiger charge is 2.36. The van der Waals surface area contributed by atoms with E-state index in [0.29, 0.717) is 5.54 Å². The average molecular weight is 217 g/mol. The highest BCUT2D eigenvalue weighted by Crippen LogP contribution is 2.39. The van der Waals surface area contributed by atoms with Gasteiger partial charge in [0.2, 0.25) is 0 Å². The molecule has 1 fully saturated rings. The summed E-state index contributed by atoms with van der Waals surface area (Å²) in [5, 5.41) is 3.67. The van der Waals surface area contributed by atoms with Crippen LogP contribution in [0.1, 0.15) is 44.7 Å². The van der Waals surface area contributed by atoms with Crippen molar-refractivity contribution in [3.8, 4) is 0 Å². The monoisotopic (exact) mass is 217 g/mol. The molecule has 0 aromatic heterocycles. The average Bonchev–Trinajstić information content (AvgIpc) is 3.11. The van der Waals surface area contributed by atoms with Crippen molar-refractivity contribution in [2.75, 3.05) is 0 Å². The van der Waals surface area contributed by atoms with Gasteiger partial charge < -0.3 is 5.32 Å². The van der Waals surface area contributed by atoms with Crippen LogP contribution in [0.2, 0.25) is 0 Å². The lowest BCUT2D eigenvalue weighted by Crippen LogP contribution is -2.40. The Bertz CT molecular complexity index is 333. The van der Waals surface area contributed by atoms with Crippen molar-refractivity contribution in [3.05, 3.63) is 35.4 Å². The fourth-order valence-electron chi connectivity index (χ4n) is 2.17. The van der Waals surface area contributed by atoms with Gasteiger partial charge in [-0.25, -0.2) is 0 Å². The molecular formula is C15H23N. The molecule has 0 bridgehead atoms. The number of hydrogen-bond acceptors (Lipinski definition) is 1. The molecule has 1 heteroatoms.